The van der Waals surface area contributed by atoms with E-state index in [4.69, 9.17) is 56.9 Å². The van der Waals surface area contributed by atoms with Crippen molar-refractivity contribution in [3.05, 3.63) is 284 Å². The topological polar surface area (TPSA) is 148 Å². The van der Waals surface area contributed by atoms with Crippen LogP contribution in [0.4, 0.5) is 0 Å². The Hall–Kier alpha value is -11.7. The van der Waals surface area contributed by atoms with Crippen LogP contribution in [0, 0.1) is 0 Å². The lowest BCUT2D eigenvalue weighted by Crippen LogP contribution is -2.41. The van der Waals surface area contributed by atoms with Gasteiger partial charge in [-0.1, -0.05) is 210 Å². The van der Waals surface area contributed by atoms with Crippen molar-refractivity contribution < 1.29 is 27.0 Å². The molecule has 98 heavy (non-hydrogen) atoms. The van der Waals surface area contributed by atoms with E-state index in [1.165, 1.54) is 5.39 Å². The van der Waals surface area contributed by atoms with Gasteiger partial charge in [-0.15, -0.1) is 0 Å². The summed E-state index contributed by atoms with van der Waals surface area (Å²) in [7, 11) is -0.434. The van der Waals surface area contributed by atoms with Gasteiger partial charge in [-0.2, -0.15) is 0 Å². The van der Waals surface area contributed by atoms with E-state index < -0.39 is 18.3 Å². The third-order valence-corrected chi connectivity index (χ3v) is 18.9. The van der Waals surface area contributed by atoms with Gasteiger partial charge < -0.3 is 27.0 Å². The molecule has 12 aromatic carbocycles. The Morgan fingerprint density at radius 2 is 0.541 bits per heavy atom. The molecule has 18 aromatic rings. The Balaban J connectivity index is 0.000000123. The van der Waals surface area contributed by atoms with Crippen molar-refractivity contribution in [3.8, 4) is 79.5 Å². The molecule has 1 aliphatic rings. The largest absolute Gasteiger partial charge is 0.494 e. The third kappa shape index (κ3) is 11.3. The van der Waals surface area contributed by atoms with Gasteiger partial charge in [0.15, 0.2) is 34.9 Å². The summed E-state index contributed by atoms with van der Waals surface area (Å²) in [6.07, 6.45) is 0. The molecule has 0 saturated carbocycles. The number of para-hydroxylation sites is 2. The Morgan fingerprint density at radius 3 is 0.949 bits per heavy atom. The zero-order valence-electron chi connectivity index (χ0n) is 53.6. The van der Waals surface area contributed by atoms with Crippen molar-refractivity contribution in [1.29, 1.82) is 0 Å². The maximum absolute atomic E-state index is 6.36. The number of benzene rings is 12. The molecule has 1 saturated heterocycles. The van der Waals surface area contributed by atoms with E-state index in [1.54, 1.807) is 0 Å². The number of halogens is 1. The van der Waals surface area contributed by atoms with Gasteiger partial charge in [-0.25, -0.2) is 29.9 Å². The zero-order chi connectivity index (χ0) is 66.1. The highest BCUT2D eigenvalue weighted by Gasteiger charge is 2.51. The van der Waals surface area contributed by atoms with Crippen LogP contribution in [0.2, 0.25) is 0 Å². The van der Waals surface area contributed by atoms with Crippen LogP contribution in [0.1, 0.15) is 27.7 Å². The Labute approximate surface area is 571 Å². The van der Waals surface area contributed by atoms with Crippen LogP contribution >= 0.6 is 15.9 Å². The molecule has 1 fully saturated rings. The fourth-order valence-electron chi connectivity index (χ4n) is 12.6. The first-order chi connectivity index (χ1) is 47.9. The molecule has 0 spiro atoms. The van der Waals surface area contributed by atoms with Gasteiger partial charge in [-0.3, -0.25) is 0 Å². The van der Waals surface area contributed by atoms with Crippen molar-refractivity contribution in [2.75, 3.05) is 0 Å². The second-order valence-corrected chi connectivity index (χ2v) is 26.2. The smallest absolute Gasteiger partial charge is 0.456 e. The molecule has 1 aliphatic heterocycles. The van der Waals surface area contributed by atoms with E-state index in [1.807, 2.05) is 206 Å². The second-order valence-electron chi connectivity index (χ2n) is 25.3. The van der Waals surface area contributed by atoms with Crippen LogP contribution in [-0.2, 0) is 9.31 Å². The summed E-state index contributed by atoms with van der Waals surface area (Å²) >= 11 is 3.46. The molecule has 0 bridgehead atoms. The quantitative estimate of drug-likeness (QED) is 0.133. The summed E-state index contributed by atoms with van der Waals surface area (Å²) in [5.74, 6) is 3.70. The highest BCUT2D eigenvalue weighted by molar-refractivity contribution is 9.10. The average Bonchev–Trinajstić information content (AvgIpc) is 1.58. The molecule has 0 aliphatic carbocycles. The monoisotopic (exact) mass is 1340 g/mol. The zero-order valence-corrected chi connectivity index (χ0v) is 55.2. The predicted molar refractivity (Wildman–Crippen MR) is 397 cm³/mol. The van der Waals surface area contributed by atoms with E-state index in [2.05, 4.69) is 116 Å². The van der Waals surface area contributed by atoms with Crippen LogP contribution in [0.5, 0.6) is 0 Å². The van der Waals surface area contributed by atoms with Gasteiger partial charge in [0, 0.05) is 80.9 Å². The summed E-state index contributed by atoms with van der Waals surface area (Å²) in [5.41, 5.74) is 14.7. The van der Waals surface area contributed by atoms with Gasteiger partial charge in [-0.05, 0) is 129 Å². The Morgan fingerprint density at radius 1 is 0.245 bits per heavy atom. The summed E-state index contributed by atoms with van der Waals surface area (Å²) in [4.78, 5) is 29.1. The standard InChI is InChI=1S/C39H23N3O2.C33H28BN3O3.C12H7BrO/c1-3-9-24(10-4-1)37-40-38(25-11-5-2-6-12-25)42-39(41-37)28-15-18-30-32-22-27(17-20-35(32)44-36(30)23-28)26-16-19-34-31(21-26)29-13-7-8-14-33(29)43-34;1-32(2)33(3,4)40-34(39-32)24-16-18-27-26(20-24)25-17-15-23(19-28(25)38-27)31-36-29(21-11-7-5-8-12-21)35-30(37-31)22-13-9-6-10-14-22;13-8-5-6-12-10(7-8)9-3-1-2-4-11(9)14-12/h1-23H;5-20H,1-4H3;1-7H. The van der Waals surface area contributed by atoms with Gasteiger partial charge in [0.05, 0.1) is 11.2 Å². The van der Waals surface area contributed by atoms with E-state index >= 15 is 0 Å². The lowest BCUT2D eigenvalue weighted by Gasteiger charge is -2.32. The maximum Gasteiger partial charge on any atom is 0.494 e. The number of rotatable bonds is 8. The first-order valence-corrected chi connectivity index (χ1v) is 33.2. The van der Waals surface area contributed by atoms with Crippen molar-refractivity contribution in [3.63, 3.8) is 0 Å². The van der Waals surface area contributed by atoms with Gasteiger partial charge >= 0.3 is 7.12 Å². The normalized spacial score (nSPS) is 13.4. The maximum atomic E-state index is 6.36. The first kappa shape index (κ1) is 60.0. The molecule has 12 nitrogen and oxygen atoms in total. The minimum Gasteiger partial charge on any atom is -0.456 e. The molecule has 0 unspecified atom stereocenters. The van der Waals surface area contributed by atoms with Gasteiger partial charge in [0.25, 0.3) is 0 Å². The summed E-state index contributed by atoms with van der Waals surface area (Å²) in [5, 5.41) is 8.70. The number of nitrogens with zero attached hydrogens (tertiary/aromatic N) is 6. The first-order valence-electron chi connectivity index (χ1n) is 32.4. The van der Waals surface area contributed by atoms with Crippen LogP contribution in [-0.4, -0.2) is 48.2 Å². The molecule has 6 aromatic heterocycles. The van der Waals surface area contributed by atoms with Crippen LogP contribution in [0.25, 0.3) is 167 Å². The molecule has 0 atom stereocenters. The van der Waals surface area contributed by atoms with E-state index in [-0.39, 0.29) is 0 Å². The minimum atomic E-state index is -0.434. The lowest BCUT2D eigenvalue weighted by atomic mass is 9.78. The van der Waals surface area contributed by atoms with E-state index in [9.17, 15) is 0 Å². The second kappa shape index (κ2) is 24.5. The molecule has 0 radical (unpaired) electrons. The van der Waals surface area contributed by atoms with E-state index in [0.717, 1.165) is 137 Å². The van der Waals surface area contributed by atoms with Crippen LogP contribution < -0.4 is 5.46 Å². The number of furan rings is 4. The molecule has 7 heterocycles. The number of fused-ring (bicyclic) bond motifs is 12. The number of hydrogen-bond acceptors (Lipinski definition) is 12. The predicted octanol–water partition coefficient (Wildman–Crippen LogP) is 21.8. The molecule has 0 amide bonds. The van der Waals surface area contributed by atoms with Crippen molar-refractivity contribution in [2.45, 2.75) is 38.9 Å². The van der Waals surface area contributed by atoms with Crippen LogP contribution in [0.3, 0.4) is 0 Å². The highest BCUT2D eigenvalue weighted by atomic mass is 79.9. The van der Waals surface area contributed by atoms with Gasteiger partial charge in [0.1, 0.15) is 44.7 Å². The number of hydrogen-bond donors (Lipinski definition) is 0. The van der Waals surface area contributed by atoms with E-state index in [0.29, 0.717) is 34.9 Å². The average molecular weight is 1340 g/mol. The van der Waals surface area contributed by atoms with Crippen molar-refractivity contribution in [2.24, 2.45) is 0 Å². The molecular formula is C84H58BBrN6O6. The molecule has 470 valence electrons. The molecule has 19 rings (SSSR count). The third-order valence-electron chi connectivity index (χ3n) is 18.5. The lowest BCUT2D eigenvalue weighted by molar-refractivity contribution is 0.00578. The fourth-order valence-corrected chi connectivity index (χ4v) is 13.0. The SMILES string of the molecule is Brc1ccc2oc3ccccc3c2c1.CC1(C)OB(c2ccc3oc4cc(-c5nc(-c6ccccc6)nc(-c6ccccc6)n5)ccc4c3c2)OC1(C)C.c1ccc(-c2nc(-c3ccccc3)nc(-c3ccc4c(c3)oc3ccc(-c5ccc6oc7ccccc7c6c5)cc34)n2)cc1. The van der Waals surface area contributed by atoms with Gasteiger partial charge in [0.2, 0.25) is 0 Å². The Bertz CT molecular complexity index is 5920. The highest BCUT2D eigenvalue weighted by Crippen LogP contribution is 2.41. The molecule has 14 heteroatoms. The molecular weight excluding hydrogens is 1280 g/mol. The number of aromatic nitrogens is 6. The Kier molecular flexibility index (Phi) is 15.0. The fraction of sp³-hybridized carbons (Fsp3) is 0.0714. The summed E-state index contributed by atoms with van der Waals surface area (Å²) < 4.78 is 38.0. The summed E-state index contributed by atoms with van der Waals surface area (Å²) in [6, 6.07) is 93.4. The summed E-state index contributed by atoms with van der Waals surface area (Å²) in [6.45, 7) is 8.25. The van der Waals surface area contributed by atoms with Crippen molar-refractivity contribution >= 4 is 116 Å². The van der Waals surface area contributed by atoms with Crippen LogP contribution in [0.15, 0.2) is 301 Å². The molecule has 0 N–H and O–H groups in total. The minimum absolute atomic E-state index is 0.401. The van der Waals surface area contributed by atoms with Crippen molar-refractivity contribution in [1.82, 2.24) is 29.9 Å².